The molecule has 8 nitrogen and oxygen atoms in total. The topological polar surface area (TPSA) is 90.2 Å². The van der Waals surface area contributed by atoms with Gasteiger partial charge >= 0.3 is 0 Å². The summed E-state index contributed by atoms with van der Waals surface area (Å²) >= 11 is 8.33. The fourth-order valence-electron chi connectivity index (χ4n) is 4.11. The molecule has 5 rings (SSSR count). The maximum Gasteiger partial charge on any atom is 0.252 e. The third kappa shape index (κ3) is 4.42. The predicted molar refractivity (Wildman–Crippen MR) is 132 cm³/mol. The van der Waals surface area contributed by atoms with E-state index in [-0.39, 0.29) is 16.7 Å². The van der Waals surface area contributed by atoms with E-state index >= 15 is 0 Å². The molecule has 1 amide bonds. The average molecular weight is 540 g/mol. The van der Waals surface area contributed by atoms with E-state index in [1.54, 1.807) is 12.1 Å². The van der Waals surface area contributed by atoms with Crippen LogP contribution in [0.3, 0.4) is 0 Å². The van der Waals surface area contributed by atoms with Gasteiger partial charge in [-0.25, -0.2) is 8.42 Å². The van der Waals surface area contributed by atoms with Crippen LogP contribution in [-0.2, 0) is 21.4 Å². The number of carbonyl (C=O) groups excluding carboxylic acids is 1. The zero-order valence-electron chi connectivity index (χ0n) is 18.1. The number of halogens is 1. The van der Waals surface area contributed by atoms with Gasteiger partial charge in [0.05, 0.1) is 20.5 Å². The number of carbonyl (C=O) groups is 1. The van der Waals surface area contributed by atoms with Crippen LogP contribution in [0.1, 0.15) is 12.8 Å². The summed E-state index contributed by atoms with van der Waals surface area (Å²) in [5, 5.41) is 0. The van der Waals surface area contributed by atoms with Gasteiger partial charge in [-0.3, -0.25) is 4.79 Å². The van der Waals surface area contributed by atoms with Crippen LogP contribution < -0.4 is 14.3 Å². The molecule has 180 valence electrons. The maximum atomic E-state index is 13.2. The van der Waals surface area contributed by atoms with Crippen LogP contribution in [0.4, 0.5) is 0 Å². The van der Waals surface area contributed by atoms with E-state index in [2.05, 4.69) is 11.6 Å². The summed E-state index contributed by atoms with van der Waals surface area (Å²) in [4.78, 5) is 18.1. The lowest BCUT2D eigenvalue weighted by Crippen LogP contribution is -2.42. The highest BCUT2D eigenvalue weighted by molar-refractivity contribution is 7.91. The lowest BCUT2D eigenvalue weighted by molar-refractivity contribution is -0.122. The molecule has 2 aromatic heterocycles. The molecule has 0 saturated carbocycles. The Morgan fingerprint density at radius 2 is 2.00 bits per heavy atom. The van der Waals surface area contributed by atoms with Crippen LogP contribution in [0.25, 0.3) is 10.2 Å². The summed E-state index contributed by atoms with van der Waals surface area (Å²) in [6.45, 7) is 5.74. The van der Waals surface area contributed by atoms with Crippen molar-refractivity contribution in [1.29, 1.82) is 0 Å². The van der Waals surface area contributed by atoms with E-state index < -0.39 is 15.9 Å². The SMILES string of the molecule is C=CCn1c(=NC(=O)C2CCCN(S(=O)(=O)c3ccc(Cl)s3)C2)sc2cc3c(cc21)OCCO3. The predicted octanol–water partition coefficient (Wildman–Crippen LogP) is 3.90. The van der Waals surface area contributed by atoms with E-state index in [9.17, 15) is 13.2 Å². The van der Waals surface area contributed by atoms with Crippen molar-refractivity contribution in [1.82, 2.24) is 8.87 Å². The summed E-state index contributed by atoms with van der Waals surface area (Å²) < 4.78 is 42.2. The molecule has 2 aliphatic heterocycles. The molecule has 12 heteroatoms. The summed E-state index contributed by atoms with van der Waals surface area (Å²) in [6.07, 6.45) is 2.92. The molecule has 4 heterocycles. The van der Waals surface area contributed by atoms with Gasteiger partial charge in [0, 0.05) is 31.8 Å². The Kier molecular flexibility index (Phi) is 6.56. The van der Waals surface area contributed by atoms with Crippen molar-refractivity contribution in [2.24, 2.45) is 10.9 Å². The number of ether oxygens (including phenoxy) is 2. The number of fused-ring (bicyclic) bond motifs is 2. The van der Waals surface area contributed by atoms with E-state index in [4.69, 9.17) is 21.1 Å². The number of benzene rings is 1. The first kappa shape index (κ1) is 23.6. The zero-order valence-corrected chi connectivity index (χ0v) is 21.3. The van der Waals surface area contributed by atoms with Gasteiger partial charge in [-0.05, 0) is 25.0 Å². The molecule has 0 spiro atoms. The highest BCUT2D eigenvalue weighted by Crippen LogP contribution is 2.36. The monoisotopic (exact) mass is 539 g/mol. The fraction of sp³-hybridized carbons (Fsp3) is 0.364. The van der Waals surface area contributed by atoms with E-state index in [1.807, 2.05) is 16.7 Å². The summed E-state index contributed by atoms with van der Waals surface area (Å²) in [5.41, 5.74) is 0.878. The number of aromatic nitrogens is 1. The molecule has 1 atom stereocenters. The standard InChI is InChI=1S/C22H22ClN3O5S3/c1-2-7-26-15-11-16-17(31-10-9-30-16)12-18(15)32-22(26)24-21(27)14-4-3-8-25(13-14)34(28,29)20-6-5-19(23)33-20/h2,5-6,11-12,14H,1,3-4,7-10,13H2. The first-order valence-electron chi connectivity index (χ1n) is 10.7. The molecule has 0 aliphatic carbocycles. The lowest BCUT2D eigenvalue weighted by atomic mass is 9.99. The largest absolute Gasteiger partial charge is 0.486 e. The third-order valence-electron chi connectivity index (χ3n) is 5.74. The molecule has 0 radical (unpaired) electrons. The highest BCUT2D eigenvalue weighted by atomic mass is 35.5. The van der Waals surface area contributed by atoms with Gasteiger partial charge in [0.1, 0.15) is 17.4 Å². The number of thiophene rings is 1. The molecule has 1 unspecified atom stereocenters. The molecule has 0 bridgehead atoms. The summed E-state index contributed by atoms with van der Waals surface area (Å²) in [5.74, 6) is 0.492. The number of amides is 1. The number of nitrogens with zero attached hydrogens (tertiary/aromatic N) is 3. The van der Waals surface area contributed by atoms with Crippen molar-refractivity contribution in [3.8, 4) is 11.5 Å². The number of thiazole rings is 1. The minimum absolute atomic E-state index is 0.0997. The molecule has 0 N–H and O–H groups in total. The number of hydrogen-bond acceptors (Lipinski definition) is 7. The molecule has 34 heavy (non-hydrogen) atoms. The normalized spacial score (nSPS) is 19.4. The Hall–Kier alpha value is -2.18. The number of allylic oxidation sites excluding steroid dienone is 1. The van der Waals surface area contributed by atoms with Crippen LogP contribution in [0, 0.1) is 5.92 Å². The van der Waals surface area contributed by atoms with Crippen molar-refractivity contribution < 1.29 is 22.7 Å². The third-order valence-corrected chi connectivity index (χ3v) is 10.3. The Morgan fingerprint density at radius 3 is 2.71 bits per heavy atom. The second-order valence-corrected chi connectivity index (χ2v) is 12.8. The zero-order chi connectivity index (χ0) is 23.9. The molecule has 1 aromatic carbocycles. The van der Waals surface area contributed by atoms with Crippen molar-refractivity contribution in [3.05, 3.63) is 46.1 Å². The Labute approximate surface area is 209 Å². The molecule has 1 saturated heterocycles. The van der Waals surface area contributed by atoms with Crippen LogP contribution in [0.2, 0.25) is 4.34 Å². The van der Waals surface area contributed by atoms with Crippen molar-refractivity contribution in [2.75, 3.05) is 26.3 Å². The van der Waals surface area contributed by atoms with Gasteiger partial charge < -0.3 is 14.0 Å². The lowest BCUT2D eigenvalue weighted by Gasteiger charge is -2.29. The van der Waals surface area contributed by atoms with Crippen molar-refractivity contribution in [3.63, 3.8) is 0 Å². The van der Waals surface area contributed by atoms with Crippen molar-refractivity contribution in [2.45, 2.75) is 23.6 Å². The minimum atomic E-state index is -3.70. The Balaban J connectivity index is 1.46. The average Bonchev–Trinajstić information content (AvgIpc) is 3.42. The molecular weight excluding hydrogens is 518 g/mol. The van der Waals surface area contributed by atoms with Crippen LogP contribution in [-0.4, -0.2) is 49.5 Å². The highest BCUT2D eigenvalue weighted by Gasteiger charge is 2.34. The van der Waals surface area contributed by atoms with Gasteiger partial charge in [-0.1, -0.05) is 29.0 Å². The Bertz CT molecular complexity index is 1440. The molecular formula is C22H22ClN3O5S3. The van der Waals surface area contributed by atoms with E-state index in [0.717, 1.165) is 21.6 Å². The number of hydrogen-bond donors (Lipinski definition) is 0. The second-order valence-electron chi connectivity index (χ2n) is 7.96. The summed E-state index contributed by atoms with van der Waals surface area (Å²) in [7, 11) is -3.70. The maximum absolute atomic E-state index is 13.2. The van der Waals surface area contributed by atoms with Gasteiger partial charge in [-0.15, -0.1) is 17.9 Å². The van der Waals surface area contributed by atoms with Gasteiger partial charge in [-0.2, -0.15) is 9.30 Å². The van der Waals surface area contributed by atoms with Gasteiger partial charge in [0.15, 0.2) is 16.3 Å². The number of rotatable bonds is 5. The van der Waals surface area contributed by atoms with Crippen LogP contribution in [0.15, 0.2) is 46.1 Å². The van der Waals surface area contributed by atoms with E-state index in [1.165, 1.54) is 21.7 Å². The molecule has 1 fully saturated rings. The Morgan fingerprint density at radius 1 is 1.24 bits per heavy atom. The summed E-state index contributed by atoms with van der Waals surface area (Å²) in [6, 6.07) is 6.86. The van der Waals surface area contributed by atoms with Gasteiger partial charge in [0.25, 0.3) is 15.9 Å². The van der Waals surface area contributed by atoms with E-state index in [0.29, 0.717) is 59.8 Å². The van der Waals surface area contributed by atoms with Gasteiger partial charge in [0.2, 0.25) is 0 Å². The first-order chi connectivity index (χ1) is 16.4. The quantitative estimate of drug-likeness (QED) is 0.459. The first-order valence-corrected chi connectivity index (χ1v) is 14.2. The number of piperidine rings is 1. The van der Waals surface area contributed by atoms with Crippen LogP contribution in [0.5, 0.6) is 11.5 Å². The van der Waals surface area contributed by atoms with Crippen molar-refractivity contribution >= 4 is 60.4 Å². The fourth-order valence-corrected chi connectivity index (χ4v) is 8.32. The smallest absolute Gasteiger partial charge is 0.252 e. The molecule has 3 aromatic rings. The molecule has 2 aliphatic rings. The van der Waals surface area contributed by atoms with Crippen LogP contribution >= 0.6 is 34.3 Å². The minimum Gasteiger partial charge on any atom is -0.486 e. The number of sulfonamides is 1. The second kappa shape index (κ2) is 9.46.